The summed E-state index contributed by atoms with van der Waals surface area (Å²) < 4.78 is 5.35. The highest BCUT2D eigenvalue weighted by molar-refractivity contribution is 5.76. The quantitative estimate of drug-likeness (QED) is 0.753. The van der Waals surface area contributed by atoms with Gasteiger partial charge in [0.1, 0.15) is 0 Å². The molecule has 5 heteroatoms. The predicted octanol–water partition coefficient (Wildman–Crippen LogP) is 1.89. The zero-order valence-electron chi connectivity index (χ0n) is 12.6. The number of ether oxygens (including phenoxy) is 1. The minimum absolute atomic E-state index is 0.157. The lowest BCUT2D eigenvalue weighted by Gasteiger charge is -2.15. The first kappa shape index (κ1) is 15.6. The molecule has 1 aliphatic heterocycles. The molecule has 2 rings (SSSR count). The maximum atomic E-state index is 11.9. The number of nitrogens with one attached hydrogen (secondary N) is 1. The van der Waals surface area contributed by atoms with Gasteiger partial charge in [-0.1, -0.05) is 6.07 Å². The monoisotopic (exact) mass is 292 g/mol. The maximum absolute atomic E-state index is 11.9. The Morgan fingerprint density at radius 3 is 2.86 bits per heavy atom. The summed E-state index contributed by atoms with van der Waals surface area (Å²) >= 11 is 0. The second-order valence-corrected chi connectivity index (χ2v) is 5.25. The fourth-order valence-electron chi connectivity index (χ4n) is 2.49. The molecule has 1 aromatic carbocycles. The first-order valence-electron chi connectivity index (χ1n) is 7.64. The average molecular weight is 292 g/mol. The first-order chi connectivity index (χ1) is 10.2. The number of phenols is 1. The minimum Gasteiger partial charge on any atom is -0.504 e. The number of phenolic OH excluding ortho intramolecular Hbond substituents is 1. The fourth-order valence-corrected chi connectivity index (χ4v) is 2.49. The van der Waals surface area contributed by atoms with Crippen molar-refractivity contribution >= 4 is 5.91 Å². The molecule has 0 atom stereocenters. The summed E-state index contributed by atoms with van der Waals surface area (Å²) in [6.45, 7) is 5.56. The number of carbonyl (C=O) groups is 1. The summed E-state index contributed by atoms with van der Waals surface area (Å²) in [5, 5.41) is 12.9. The predicted molar refractivity (Wildman–Crippen MR) is 81.4 cm³/mol. The van der Waals surface area contributed by atoms with Crippen molar-refractivity contribution in [3.63, 3.8) is 0 Å². The van der Waals surface area contributed by atoms with Gasteiger partial charge >= 0.3 is 0 Å². The van der Waals surface area contributed by atoms with Gasteiger partial charge in [-0.3, -0.25) is 4.79 Å². The Balaban J connectivity index is 1.73. The number of hydrogen-bond acceptors (Lipinski definition) is 4. The summed E-state index contributed by atoms with van der Waals surface area (Å²) in [5.74, 6) is 0.899. The van der Waals surface area contributed by atoms with Crippen molar-refractivity contribution in [3.8, 4) is 11.5 Å². The lowest BCUT2D eigenvalue weighted by molar-refractivity contribution is -0.130. The topological polar surface area (TPSA) is 61.8 Å². The van der Waals surface area contributed by atoms with Crippen LogP contribution >= 0.6 is 0 Å². The van der Waals surface area contributed by atoms with Crippen molar-refractivity contribution in [3.05, 3.63) is 23.8 Å². The van der Waals surface area contributed by atoms with Crippen LogP contribution in [0.1, 0.15) is 31.7 Å². The number of amides is 1. The number of hydrogen-bond donors (Lipinski definition) is 2. The van der Waals surface area contributed by atoms with Gasteiger partial charge in [0.15, 0.2) is 11.5 Å². The van der Waals surface area contributed by atoms with Gasteiger partial charge in [0.05, 0.1) is 6.61 Å². The van der Waals surface area contributed by atoms with E-state index in [0.29, 0.717) is 31.9 Å². The standard InChI is InChI=1S/C16H24N2O3/c1-2-21-15-11-13(5-6-14(15)19)12-17-8-7-16(20)18-9-3-4-10-18/h5-6,11,17,19H,2-4,7-10,12H2,1H3. The van der Waals surface area contributed by atoms with Crippen LogP contribution in [-0.2, 0) is 11.3 Å². The van der Waals surface area contributed by atoms with E-state index in [2.05, 4.69) is 5.32 Å². The summed E-state index contributed by atoms with van der Waals surface area (Å²) in [5.41, 5.74) is 1.03. The van der Waals surface area contributed by atoms with Gasteiger partial charge in [-0.05, 0) is 37.5 Å². The molecule has 116 valence electrons. The second-order valence-electron chi connectivity index (χ2n) is 5.25. The van der Waals surface area contributed by atoms with E-state index in [1.165, 1.54) is 0 Å². The largest absolute Gasteiger partial charge is 0.504 e. The van der Waals surface area contributed by atoms with Crippen LogP contribution < -0.4 is 10.1 Å². The van der Waals surface area contributed by atoms with Crippen LogP contribution in [-0.4, -0.2) is 42.2 Å². The van der Waals surface area contributed by atoms with Gasteiger partial charge in [-0.15, -0.1) is 0 Å². The van der Waals surface area contributed by atoms with Crippen LogP contribution in [0.3, 0.4) is 0 Å². The molecule has 21 heavy (non-hydrogen) atoms. The summed E-state index contributed by atoms with van der Waals surface area (Å²) in [6, 6.07) is 5.32. The molecule has 0 saturated carbocycles. The molecule has 0 bridgehead atoms. The van der Waals surface area contributed by atoms with Crippen LogP contribution in [0.5, 0.6) is 11.5 Å². The Morgan fingerprint density at radius 1 is 1.38 bits per heavy atom. The lowest BCUT2D eigenvalue weighted by atomic mass is 10.2. The third-order valence-corrected chi connectivity index (χ3v) is 3.63. The van der Waals surface area contributed by atoms with Gasteiger partial charge < -0.3 is 20.1 Å². The van der Waals surface area contributed by atoms with Crippen molar-refractivity contribution in [2.75, 3.05) is 26.2 Å². The van der Waals surface area contributed by atoms with Crippen LogP contribution in [0.2, 0.25) is 0 Å². The average Bonchev–Trinajstić information content (AvgIpc) is 3.01. The van der Waals surface area contributed by atoms with Gasteiger partial charge in [0.2, 0.25) is 5.91 Å². The van der Waals surface area contributed by atoms with E-state index < -0.39 is 0 Å². The molecule has 1 amide bonds. The number of likely N-dealkylation sites (tertiary alicyclic amines) is 1. The lowest BCUT2D eigenvalue weighted by Crippen LogP contribution is -2.30. The molecular weight excluding hydrogens is 268 g/mol. The normalized spacial score (nSPS) is 14.4. The molecule has 2 N–H and O–H groups in total. The molecule has 1 aliphatic rings. The SMILES string of the molecule is CCOc1cc(CNCCC(=O)N2CCCC2)ccc1O. The van der Waals surface area contributed by atoms with Gasteiger partial charge in [-0.2, -0.15) is 0 Å². The third-order valence-electron chi connectivity index (χ3n) is 3.63. The van der Waals surface area contributed by atoms with Crippen molar-refractivity contribution < 1.29 is 14.6 Å². The Morgan fingerprint density at radius 2 is 2.14 bits per heavy atom. The van der Waals surface area contributed by atoms with Crippen molar-refractivity contribution in [2.45, 2.75) is 32.7 Å². The molecule has 0 aromatic heterocycles. The van der Waals surface area contributed by atoms with Crippen LogP contribution in [0.15, 0.2) is 18.2 Å². The molecule has 1 aromatic rings. The Bertz CT molecular complexity index is 471. The van der Waals surface area contributed by atoms with E-state index >= 15 is 0 Å². The van der Waals surface area contributed by atoms with Crippen molar-refractivity contribution in [1.29, 1.82) is 0 Å². The number of nitrogens with zero attached hydrogens (tertiary/aromatic N) is 1. The molecule has 0 aliphatic carbocycles. The molecule has 1 saturated heterocycles. The van der Waals surface area contributed by atoms with Crippen molar-refractivity contribution in [2.24, 2.45) is 0 Å². The smallest absolute Gasteiger partial charge is 0.223 e. The highest BCUT2D eigenvalue weighted by atomic mass is 16.5. The fraction of sp³-hybridized carbons (Fsp3) is 0.562. The summed E-state index contributed by atoms with van der Waals surface area (Å²) in [7, 11) is 0. The molecule has 0 unspecified atom stereocenters. The molecule has 1 fully saturated rings. The summed E-state index contributed by atoms with van der Waals surface area (Å²) in [4.78, 5) is 13.8. The van der Waals surface area contributed by atoms with Gasteiger partial charge in [0, 0.05) is 32.6 Å². The van der Waals surface area contributed by atoms with Crippen LogP contribution in [0.4, 0.5) is 0 Å². The Labute approximate surface area is 125 Å². The number of benzene rings is 1. The zero-order valence-corrected chi connectivity index (χ0v) is 12.6. The van der Waals surface area contributed by atoms with E-state index in [1.54, 1.807) is 6.07 Å². The van der Waals surface area contributed by atoms with E-state index in [9.17, 15) is 9.90 Å². The highest BCUT2D eigenvalue weighted by Crippen LogP contribution is 2.26. The second kappa shape index (κ2) is 7.88. The Hall–Kier alpha value is -1.75. The third kappa shape index (κ3) is 4.63. The highest BCUT2D eigenvalue weighted by Gasteiger charge is 2.16. The van der Waals surface area contributed by atoms with Gasteiger partial charge in [-0.25, -0.2) is 0 Å². The van der Waals surface area contributed by atoms with E-state index in [-0.39, 0.29) is 11.7 Å². The zero-order chi connectivity index (χ0) is 15.1. The summed E-state index contributed by atoms with van der Waals surface area (Å²) in [6.07, 6.45) is 2.80. The number of rotatable bonds is 7. The van der Waals surface area contributed by atoms with E-state index in [0.717, 1.165) is 31.5 Å². The Kier molecular flexibility index (Phi) is 5.87. The maximum Gasteiger partial charge on any atom is 0.223 e. The van der Waals surface area contributed by atoms with Crippen LogP contribution in [0.25, 0.3) is 0 Å². The van der Waals surface area contributed by atoms with Gasteiger partial charge in [0.25, 0.3) is 0 Å². The minimum atomic E-state index is 0.157. The van der Waals surface area contributed by atoms with Crippen LogP contribution in [0, 0.1) is 0 Å². The van der Waals surface area contributed by atoms with E-state index in [1.807, 2.05) is 24.0 Å². The van der Waals surface area contributed by atoms with E-state index in [4.69, 9.17) is 4.74 Å². The molecule has 1 heterocycles. The molecule has 0 spiro atoms. The number of aromatic hydroxyl groups is 1. The number of carbonyl (C=O) groups excluding carboxylic acids is 1. The van der Waals surface area contributed by atoms with Crippen molar-refractivity contribution in [1.82, 2.24) is 10.2 Å². The molecule has 5 nitrogen and oxygen atoms in total. The molecular formula is C16H24N2O3. The molecule has 0 radical (unpaired) electrons. The first-order valence-corrected chi connectivity index (χ1v) is 7.64.